The molecule has 0 unspecified atom stereocenters. The Kier molecular flexibility index (Phi) is 8.32. The number of pyridine rings is 1. The van der Waals surface area contributed by atoms with E-state index in [9.17, 15) is 13.2 Å². The van der Waals surface area contributed by atoms with Crippen LogP contribution in [0.1, 0.15) is 25.1 Å². The first kappa shape index (κ1) is 26.8. The Morgan fingerprint density at radius 1 is 0.971 bits per heavy atom. The molecule has 0 saturated carbocycles. The quantitative estimate of drug-likeness (QED) is 0.245. The van der Waals surface area contributed by atoms with Gasteiger partial charge in [-0.1, -0.05) is 33.5 Å². The minimum atomic E-state index is -4.57. The Bertz CT molecular complexity index is 1130. The van der Waals surface area contributed by atoms with Crippen LogP contribution in [0, 0.1) is 12.8 Å². The van der Waals surface area contributed by atoms with Crippen LogP contribution in [0.3, 0.4) is 0 Å². The number of aryl methyl sites for hydroxylation is 1. The second-order valence-corrected chi connectivity index (χ2v) is 15.7. The summed E-state index contributed by atoms with van der Waals surface area (Å²) in [7, 11) is -1.37. The molecule has 7 nitrogen and oxygen atoms in total. The first-order chi connectivity index (χ1) is 16.3. The first-order valence-corrected chi connectivity index (χ1v) is 15.2. The average molecular weight is 508 g/mol. The Labute approximate surface area is 204 Å². The second-order valence-electron chi connectivity index (χ2n) is 10.1. The van der Waals surface area contributed by atoms with Gasteiger partial charge in [0.15, 0.2) is 5.82 Å². The highest BCUT2D eigenvalue weighted by Gasteiger charge is 2.36. The number of imidazole rings is 1. The molecule has 35 heavy (non-hydrogen) atoms. The van der Waals surface area contributed by atoms with Crippen LogP contribution in [0.4, 0.5) is 13.2 Å². The van der Waals surface area contributed by atoms with Gasteiger partial charge in [0.1, 0.15) is 18.1 Å². The first-order valence-electron chi connectivity index (χ1n) is 11.5. The van der Waals surface area contributed by atoms with Gasteiger partial charge in [-0.25, -0.2) is 15.0 Å². The van der Waals surface area contributed by atoms with Crippen molar-refractivity contribution in [3.63, 3.8) is 0 Å². The number of aromatic nitrogens is 5. The zero-order chi connectivity index (χ0) is 25.8. The summed E-state index contributed by atoms with van der Waals surface area (Å²) >= 11 is 0. The minimum Gasteiger partial charge on any atom is -0.477 e. The molecule has 0 radical (unpaired) electrons. The fourth-order valence-electron chi connectivity index (χ4n) is 3.18. The number of ether oxygens (including phenoxy) is 2. The summed E-state index contributed by atoms with van der Waals surface area (Å²) in [5.74, 6) is 0.961. The maximum absolute atomic E-state index is 13.6. The van der Waals surface area contributed by atoms with Gasteiger partial charge in [0.05, 0.1) is 30.9 Å². The van der Waals surface area contributed by atoms with E-state index in [-0.39, 0.29) is 18.2 Å². The van der Waals surface area contributed by atoms with Crippen molar-refractivity contribution in [3.8, 4) is 28.7 Å². The molecule has 0 spiro atoms. The zero-order valence-corrected chi connectivity index (χ0v) is 22.0. The molecule has 0 N–H and O–H groups in total. The second kappa shape index (κ2) is 10.9. The van der Waals surface area contributed by atoms with Crippen molar-refractivity contribution in [1.29, 1.82) is 0 Å². The van der Waals surface area contributed by atoms with Gasteiger partial charge in [-0.05, 0) is 24.4 Å². The topological polar surface area (TPSA) is 75.0 Å². The molecule has 0 aliphatic rings. The van der Waals surface area contributed by atoms with E-state index in [1.54, 1.807) is 6.20 Å². The highest BCUT2D eigenvalue weighted by Crippen LogP contribution is 2.32. The van der Waals surface area contributed by atoms with E-state index in [1.807, 2.05) is 13.0 Å². The molecule has 0 bridgehead atoms. The Morgan fingerprint density at radius 3 is 2.23 bits per heavy atom. The van der Waals surface area contributed by atoms with Gasteiger partial charge in [0, 0.05) is 32.5 Å². The van der Waals surface area contributed by atoms with Crippen LogP contribution >= 0.6 is 0 Å². The summed E-state index contributed by atoms with van der Waals surface area (Å²) in [5.41, 5.74) is 1.55. The SMILES string of the molecule is Cc1cc(OCC(C)C)ncc1-c1cnc(-c2ncc(C(F)(F)F)n2COCC[Si](C)(C)C)cn1. The molecule has 0 aliphatic carbocycles. The van der Waals surface area contributed by atoms with E-state index in [0.29, 0.717) is 30.7 Å². The lowest BCUT2D eigenvalue weighted by Gasteiger charge is -2.17. The van der Waals surface area contributed by atoms with E-state index in [2.05, 4.69) is 53.4 Å². The maximum Gasteiger partial charge on any atom is 0.433 e. The molecule has 11 heteroatoms. The smallest absolute Gasteiger partial charge is 0.433 e. The third-order valence-corrected chi connectivity index (χ3v) is 6.87. The predicted octanol–water partition coefficient (Wildman–Crippen LogP) is 6.08. The lowest BCUT2D eigenvalue weighted by molar-refractivity contribution is -0.145. The molecular weight excluding hydrogens is 475 g/mol. The van der Waals surface area contributed by atoms with E-state index in [4.69, 9.17) is 9.47 Å². The molecule has 3 rings (SSSR count). The van der Waals surface area contributed by atoms with Crippen LogP contribution in [0.15, 0.2) is 30.9 Å². The molecule has 0 amide bonds. The van der Waals surface area contributed by atoms with Crippen molar-refractivity contribution in [3.05, 3.63) is 42.1 Å². The lowest BCUT2D eigenvalue weighted by atomic mass is 10.1. The van der Waals surface area contributed by atoms with Crippen LogP contribution in [-0.2, 0) is 17.6 Å². The number of hydrogen-bond acceptors (Lipinski definition) is 6. The fraction of sp³-hybridized carbons (Fsp3) is 0.500. The van der Waals surface area contributed by atoms with E-state index in [0.717, 1.165) is 27.9 Å². The third-order valence-electron chi connectivity index (χ3n) is 5.17. The van der Waals surface area contributed by atoms with Crippen LogP contribution < -0.4 is 4.74 Å². The van der Waals surface area contributed by atoms with E-state index >= 15 is 0 Å². The highest BCUT2D eigenvalue weighted by molar-refractivity contribution is 6.76. The summed E-state index contributed by atoms with van der Waals surface area (Å²) in [4.78, 5) is 17.1. The largest absolute Gasteiger partial charge is 0.477 e. The van der Waals surface area contributed by atoms with Crippen molar-refractivity contribution in [2.24, 2.45) is 5.92 Å². The van der Waals surface area contributed by atoms with E-state index < -0.39 is 19.9 Å². The number of hydrogen-bond donors (Lipinski definition) is 0. The van der Waals surface area contributed by atoms with Gasteiger partial charge in [0.25, 0.3) is 0 Å². The van der Waals surface area contributed by atoms with Gasteiger partial charge < -0.3 is 9.47 Å². The third kappa shape index (κ3) is 7.34. The normalized spacial score (nSPS) is 12.4. The van der Waals surface area contributed by atoms with Gasteiger partial charge in [-0.3, -0.25) is 9.55 Å². The molecule has 0 aromatic carbocycles. The Balaban J connectivity index is 1.83. The minimum absolute atomic E-state index is 0.0525. The molecule has 3 aromatic heterocycles. The number of halogens is 3. The van der Waals surface area contributed by atoms with Crippen molar-refractivity contribution >= 4 is 8.07 Å². The van der Waals surface area contributed by atoms with Gasteiger partial charge in [-0.2, -0.15) is 13.2 Å². The Morgan fingerprint density at radius 2 is 1.66 bits per heavy atom. The summed E-state index contributed by atoms with van der Waals surface area (Å²) in [6.45, 7) is 13.3. The Hall–Kier alpha value is -2.79. The highest BCUT2D eigenvalue weighted by atomic mass is 28.3. The molecule has 3 heterocycles. The molecule has 0 saturated heterocycles. The van der Waals surface area contributed by atoms with E-state index in [1.165, 1.54) is 12.4 Å². The number of alkyl halides is 3. The van der Waals surface area contributed by atoms with Crippen molar-refractivity contribution in [2.75, 3.05) is 13.2 Å². The van der Waals surface area contributed by atoms with Gasteiger partial charge >= 0.3 is 6.18 Å². The van der Waals surface area contributed by atoms with Crippen LogP contribution in [0.5, 0.6) is 5.88 Å². The molecule has 0 atom stereocenters. The monoisotopic (exact) mass is 507 g/mol. The molecule has 3 aromatic rings. The molecule has 0 fully saturated rings. The average Bonchev–Trinajstić information content (AvgIpc) is 3.19. The van der Waals surface area contributed by atoms with Crippen molar-refractivity contribution in [2.45, 2.75) is 59.4 Å². The maximum atomic E-state index is 13.6. The molecular formula is C24H32F3N5O2Si. The number of nitrogens with zero attached hydrogens (tertiary/aromatic N) is 5. The standard InChI is InChI=1S/C24H32F3N5O2Si/c1-16(2)14-34-22-9-17(3)18(10-30-22)19-11-29-20(12-28-19)23-31-13-21(24(25,26)27)32(23)15-33-7-8-35(4,5)6/h9-13,16H,7-8,14-15H2,1-6H3. The van der Waals surface area contributed by atoms with Gasteiger partial charge in [0.2, 0.25) is 5.88 Å². The van der Waals surface area contributed by atoms with Crippen molar-refractivity contribution in [1.82, 2.24) is 24.5 Å². The predicted molar refractivity (Wildman–Crippen MR) is 131 cm³/mol. The summed E-state index contributed by atoms with van der Waals surface area (Å²) in [6.07, 6.45) is 0.814. The summed E-state index contributed by atoms with van der Waals surface area (Å²) < 4.78 is 53.0. The zero-order valence-electron chi connectivity index (χ0n) is 21.0. The van der Waals surface area contributed by atoms with Crippen LogP contribution in [0.2, 0.25) is 25.7 Å². The van der Waals surface area contributed by atoms with Gasteiger partial charge in [-0.15, -0.1) is 0 Å². The van der Waals surface area contributed by atoms with Crippen molar-refractivity contribution < 1.29 is 22.6 Å². The lowest BCUT2D eigenvalue weighted by Crippen LogP contribution is -2.23. The fourth-order valence-corrected chi connectivity index (χ4v) is 3.94. The van der Waals surface area contributed by atoms with Crippen LogP contribution in [-0.4, -0.2) is 45.8 Å². The molecule has 0 aliphatic heterocycles. The molecule has 190 valence electrons. The number of rotatable bonds is 10. The summed E-state index contributed by atoms with van der Waals surface area (Å²) in [6, 6.07) is 2.68. The summed E-state index contributed by atoms with van der Waals surface area (Å²) in [5, 5.41) is 0. The van der Waals surface area contributed by atoms with Crippen LogP contribution in [0.25, 0.3) is 22.8 Å².